The maximum atomic E-state index is 11.8. The van der Waals surface area contributed by atoms with Gasteiger partial charge in [0.15, 0.2) is 0 Å². The van der Waals surface area contributed by atoms with Crippen molar-refractivity contribution < 1.29 is 19.1 Å². The van der Waals surface area contributed by atoms with Crippen LogP contribution in [0.5, 0.6) is 0 Å². The Morgan fingerprint density at radius 1 is 0.895 bits per heavy atom. The molecule has 0 aromatic rings. The first-order valence-electron chi connectivity index (χ1n) is 7.47. The Morgan fingerprint density at radius 2 is 1.58 bits per heavy atom. The number of ether oxygens (including phenoxy) is 2. The summed E-state index contributed by atoms with van der Waals surface area (Å²) < 4.78 is 9.95. The molecule has 0 radical (unpaired) electrons. The largest absolute Gasteiger partial charge is 0.466 e. The van der Waals surface area contributed by atoms with Gasteiger partial charge in [0.2, 0.25) is 0 Å². The smallest absolute Gasteiger partial charge is 0.308 e. The summed E-state index contributed by atoms with van der Waals surface area (Å²) in [4.78, 5) is 23.1. The summed E-state index contributed by atoms with van der Waals surface area (Å²) in [5.74, 6) is -0.574. The van der Waals surface area contributed by atoms with E-state index in [1.165, 1.54) is 12.8 Å². The van der Waals surface area contributed by atoms with Gasteiger partial charge >= 0.3 is 11.9 Å². The predicted molar refractivity (Wildman–Crippen MR) is 74.7 cm³/mol. The zero-order valence-corrected chi connectivity index (χ0v) is 12.6. The number of carbonyl (C=O) groups is 2. The lowest BCUT2D eigenvalue weighted by Crippen LogP contribution is -2.19. The van der Waals surface area contributed by atoms with E-state index in [4.69, 9.17) is 9.47 Å². The van der Waals surface area contributed by atoms with Gasteiger partial charge in [0.05, 0.1) is 19.1 Å². The molecule has 0 bridgehead atoms. The molecule has 19 heavy (non-hydrogen) atoms. The van der Waals surface area contributed by atoms with Crippen molar-refractivity contribution in [1.82, 2.24) is 0 Å². The van der Waals surface area contributed by atoms with E-state index >= 15 is 0 Å². The summed E-state index contributed by atoms with van der Waals surface area (Å²) in [5.41, 5.74) is 0. The monoisotopic (exact) mass is 272 g/mol. The Labute approximate surface area is 116 Å². The first-order chi connectivity index (χ1) is 9.15. The van der Waals surface area contributed by atoms with E-state index in [2.05, 4.69) is 6.92 Å². The Hall–Kier alpha value is -1.06. The van der Waals surface area contributed by atoms with Gasteiger partial charge in [-0.2, -0.15) is 0 Å². The maximum Gasteiger partial charge on any atom is 0.308 e. The van der Waals surface area contributed by atoms with Gasteiger partial charge in [-0.25, -0.2) is 0 Å². The predicted octanol–water partition coefficient (Wildman–Crippen LogP) is 3.48. The summed E-state index contributed by atoms with van der Waals surface area (Å²) in [6, 6.07) is 0. The quantitative estimate of drug-likeness (QED) is 0.427. The molecule has 112 valence electrons. The van der Waals surface area contributed by atoms with Crippen molar-refractivity contribution in [2.75, 3.05) is 13.2 Å². The molecule has 0 rings (SSSR count). The van der Waals surface area contributed by atoms with Crippen molar-refractivity contribution in [1.29, 1.82) is 0 Å². The van der Waals surface area contributed by atoms with E-state index in [9.17, 15) is 9.59 Å². The lowest BCUT2D eigenvalue weighted by Gasteiger charge is -2.15. The molecular weight excluding hydrogens is 244 g/mol. The fourth-order valence-electron chi connectivity index (χ4n) is 1.98. The Bertz CT molecular complexity index is 251. The van der Waals surface area contributed by atoms with Crippen molar-refractivity contribution in [3.05, 3.63) is 0 Å². The molecule has 4 nitrogen and oxygen atoms in total. The van der Waals surface area contributed by atoms with Crippen LogP contribution in [0.3, 0.4) is 0 Å². The van der Waals surface area contributed by atoms with Crippen LogP contribution < -0.4 is 0 Å². The average molecular weight is 272 g/mol. The second kappa shape index (κ2) is 12.0. The molecule has 1 unspecified atom stereocenters. The number of carbonyl (C=O) groups excluding carboxylic acids is 2. The molecule has 0 aliphatic carbocycles. The zero-order chi connectivity index (χ0) is 14.5. The van der Waals surface area contributed by atoms with Crippen LogP contribution >= 0.6 is 0 Å². The normalized spacial score (nSPS) is 11.9. The molecule has 1 atom stereocenters. The molecule has 0 saturated carbocycles. The van der Waals surface area contributed by atoms with E-state index in [0.717, 1.165) is 19.3 Å². The van der Waals surface area contributed by atoms with E-state index in [1.54, 1.807) is 13.8 Å². The van der Waals surface area contributed by atoms with Crippen LogP contribution in [0.2, 0.25) is 0 Å². The van der Waals surface area contributed by atoms with Crippen LogP contribution in [0.4, 0.5) is 0 Å². The van der Waals surface area contributed by atoms with Crippen molar-refractivity contribution in [3.8, 4) is 0 Å². The second-order valence-corrected chi connectivity index (χ2v) is 4.64. The van der Waals surface area contributed by atoms with Gasteiger partial charge in [-0.3, -0.25) is 9.59 Å². The lowest BCUT2D eigenvalue weighted by atomic mass is 9.96. The third-order valence-electron chi connectivity index (χ3n) is 3.03. The minimum Gasteiger partial charge on any atom is -0.466 e. The highest BCUT2D eigenvalue weighted by molar-refractivity contribution is 5.74. The fraction of sp³-hybridized carbons (Fsp3) is 0.867. The van der Waals surface area contributed by atoms with Gasteiger partial charge in [0.1, 0.15) is 0 Å². The molecule has 0 aliphatic rings. The van der Waals surface area contributed by atoms with E-state index in [-0.39, 0.29) is 17.9 Å². The molecule has 0 heterocycles. The van der Waals surface area contributed by atoms with Crippen LogP contribution in [0.25, 0.3) is 0 Å². The van der Waals surface area contributed by atoms with Crippen LogP contribution in [-0.2, 0) is 19.1 Å². The molecule has 0 aromatic carbocycles. The minimum atomic E-state index is -0.231. The van der Waals surface area contributed by atoms with Crippen molar-refractivity contribution >= 4 is 11.9 Å². The van der Waals surface area contributed by atoms with Crippen molar-refractivity contribution in [2.24, 2.45) is 5.92 Å². The number of hydrogen-bond acceptors (Lipinski definition) is 4. The van der Waals surface area contributed by atoms with Gasteiger partial charge in [-0.1, -0.05) is 32.6 Å². The number of rotatable bonds is 11. The molecule has 0 aliphatic heterocycles. The minimum absolute atomic E-state index is 0.166. The Balaban J connectivity index is 4.09. The average Bonchev–Trinajstić information content (AvgIpc) is 2.38. The van der Waals surface area contributed by atoms with Gasteiger partial charge < -0.3 is 9.47 Å². The first kappa shape index (κ1) is 17.9. The van der Waals surface area contributed by atoms with Gasteiger partial charge in [-0.15, -0.1) is 0 Å². The van der Waals surface area contributed by atoms with E-state index in [0.29, 0.717) is 26.1 Å². The van der Waals surface area contributed by atoms with Crippen LogP contribution in [0.1, 0.15) is 65.7 Å². The summed E-state index contributed by atoms with van der Waals surface area (Å²) in [7, 11) is 0. The molecule has 4 heteroatoms. The lowest BCUT2D eigenvalue weighted by molar-refractivity contribution is -0.149. The topological polar surface area (TPSA) is 52.6 Å². The number of hydrogen-bond donors (Lipinski definition) is 0. The molecule has 0 N–H and O–H groups in total. The zero-order valence-electron chi connectivity index (χ0n) is 12.6. The highest BCUT2D eigenvalue weighted by Gasteiger charge is 2.20. The van der Waals surface area contributed by atoms with Crippen molar-refractivity contribution in [2.45, 2.75) is 65.7 Å². The van der Waals surface area contributed by atoms with E-state index in [1.807, 2.05) is 0 Å². The Morgan fingerprint density at radius 3 is 2.16 bits per heavy atom. The van der Waals surface area contributed by atoms with Gasteiger partial charge in [0, 0.05) is 6.42 Å². The molecule has 0 amide bonds. The fourth-order valence-corrected chi connectivity index (χ4v) is 1.98. The summed E-state index contributed by atoms with van der Waals surface area (Å²) >= 11 is 0. The van der Waals surface area contributed by atoms with Crippen molar-refractivity contribution in [3.63, 3.8) is 0 Å². The summed E-state index contributed by atoms with van der Waals surface area (Å²) in [6.45, 7) is 6.52. The van der Waals surface area contributed by atoms with Crippen LogP contribution in [-0.4, -0.2) is 25.2 Å². The van der Waals surface area contributed by atoms with E-state index < -0.39 is 0 Å². The number of esters is 2. The second-order valence-electron chi connectivity index (χ2n) is 4.64. The SMILES string of the molecule is CCCCCCC(CCC(=O)OCC)C(=O)OCC. The van der Waals surface area contributed by atoms with Crippen LogP contribution in [0.15, 0.2) is 0 Å². The van der Waals surface area contributed by atoms with Gasteiger partial charge in [0.25, 0.3) is 0 Å². The number of unbranched alkanes of at least 4 members (excludes halogenated alkanes) is 3. The maximum absolute atomic E-state index is 11.8. The molecular formula is C15H28O4. The summed E-state index contributed by atoms with van der Waals surface area (Å²) in [5, 5.41) is 0. The van der Waals surface area contributed by atoms with Gasteiger partial charge in [-0.05, 0) is 26.7 Å². The molecule has 0 aromatic heterocycles. The highest BCUT2D eigenvalue weighted by Crippen LogP contribution is 2.18. The Kier molecular flexibility index (Phi) is 11.3. The standard InChI is InChI=1S/C15H28O4/c1-4-7-8-9-10-13(15(17)19-6-3)11-12-14(16)18-5-2/h13H,4-12H2,1-3H3. The molecule has 0 fully saturated rings. The molecule has 0 spiro atoms. The third-order valence-corrected chi connectivity index (χ3v) is 3.03. The molecule has 0 saturated heterocycles. The summed E-state index contributed by atoms with van der Waals surface area (Å²) in [6.07, 6.45) is 6.14. The highest BCUT2D eigenvalue weighted by atomic mass is 16.5. The first-order valence-corrected chi connectivity index (χ1v) is 7.47. The van der Waals surface area contributed by atoms with Crippen LogP contribution in [0, 0.1) is 5.92 Å². The third kappa shape index (κ3) is 9.51.